The van der Waals surface area contributed by atoms with Gasteiger partial charge in [0.15, 0.2) is 0 Å². The fourth-order valence-electron chi connectivity index (χ4n) is 3.58. The van der Waals surface area contributed by atoms with Gasteiger partial charge in [-0.25, -0.2) is 4.79 Å². The summed E-state index contributed by atoms with van der Waals surface area (Å²) in [7, 11) is 0. The number of benzene rings is 2. The molecule has 3 aromatic rings. The molecule has 0 radical (unpaired) electrons. The second kappa shape index (κ2) is 9.26. The topological polar surface area (TPSA) is 87.2 Å². The van der Waals surface area contributed by atoms with Gasteiger partial charge in [-0.3, -0.25) is 4.79 Å². The summed E-state index contributed by atoms with van der Waals surface area (Å²) in [6.07, 6.45) is 1.80. The quantitative estimate of drug-likeness (QED) is 0.615. The number of aryl methyl sites for hydroxylation is 2. The Labute approximate surface area is 185 Å². The number of piperidine rings is 1. The Morgan fingerprint density at radius 3 is 2.58 bits per heavy atom. The molecular weight excluding hydrogens is 410 g/mol. The number of amides is 3. The van der Waals surface area contributed by atoms with Crippen LogP contribution in [0, 0.1) is 13.8 Å². The van der Waals surface area contributed by atoms with E-state index in [1.807, 2.05) is 67.3 Å². The van der Waals surface area contributed by atoms with Gasteiger partial charge in [-0.1, -0.05) is 47.2 Å². The van der Waals surface area contributed by atoms with E-state index in [0.29, 0.717) is 18.1 Å². The Bertz CT molecular complexity index is 1080. The molecule has 1 saturated heterocycles. The Morgan fingerprint density at radius 1 is 1.03 bits per heavy atom. The SMILES string of the molecule is Cc1ccc(NC(=O)N2CCCC(c3nnc(C(=O)Nc4ccccc4C)s3)C2)cc1. The summed E-state index contributed by atoms with van der Waals surface area (Å²) >= 11 is 1.30. The maximum absolute atomic E-state index is 12.7. The average molecular weight is 436 g/mol. The molecule has 8 heteroatoms. The fraction of sp³-hybridized carbons (Fsp3) is 0.304. The molecule has 160 valence electrons. The van der Waals surface area contributed by atoms with Crippen molar-refractivity contribution < 1.29 is 9.59 Å². The summed E-state index contributed by atoms with van der Waals surface area (Å²) in [4.78, 5) is 27.1. The van der Waals surface area contributed by atoms with Crippen LogP contribution in [0.4, 0.5) is 16.2 Å². The maximum Gasteiger partial charge on any atom is 0.321 e. The molecule has 1 unspecified atom stereocenters. The third-order valence-corrected chi connectivity index (χ3v) is 6.47. The number of hydrogen-bond acceptors (Lipinski definition) is 5. The smallest absolute Gasteiger partial charge is 0.321 e. The van der Waals surface area contributed by atoms with Gasteiger partial charge in [-0.15, -0.1) is 10.2 Å². The van der Waals surface area contributed by atoms with Crippen molar-refractivity contribution in [1.82, 2.24) is 15.1 Å². The minimum absolute atomic E-state index is 0.0787. The second-order valence-corrected chi connectivity index (χ2v) is 8.80. The van der Waals surface area contributed by atoms with E-state index in [9.17, 15) is 9.59 Å². The summed E-state index contributed by atoms with van der Waals surface area (Å²) in [5.74, 6) is -0.183. The first-order valence-corrected chi connectivity index (χ1v) is 11.1. The third kappa shape index (κ3) is 5.08. The van der Waals surface area contributed by atoms with Crippen LogP contribution in [0.25, 0.3) is 0 Å². The first-order valence-electron chi connectivity index (χ1n) is 10.3. The lowest BCUT2D eigenvalue weighted by Crippen LogP contribution is -2.41. The highest BCUT2D eigenvalue weighted by Crippen LogP contribution is 2.30. The molecule has 2 heterocycles. The van der Waals surface area contributed by atoms with E-state index in [2.05, 4.69) is 20.8 Å². The van der Waals surface area contributed by atoms with E-state index in [-0.39, 0.29) is 17.9 Å². The number of para-hydroxylation sites is 1. The lowest BCUT2D eigenvalue weighted by Gasteiger charge is -2.31. The Hall–Kier alpha value is -3.26. The van der Waals surface area contributed by atoms with E-state index in [1.54, 1.807) is 0 Å². The molecule has 3 amide bonds. The Morgan fingerprint density at radius 2 is 1.81 bits per heavy atom. The van der Waals surface area contributed by atoms with Crippen LogP contribution in [-0.2, 0) is 0 Å². The predicted molar refractivity (Wildman–Crippen MR) is 123 cm³/mol. The molecule has 7 nitrogen and oxygen atoms in total. The number of hydrogen-bond donors (Lipinski definition) is 2. The van der Waals surface area contributed by atoms with Gasteiger partial charge in [0.2, 0.25) is 5.01 Å². The number of rotatable bonds is 4. The molecule has 0 bridgehead atoms. The molecule has 0 spiro atoms. The van der Waals surface area contributed by atoms with Crippen molar-refractivity contribution in [3.63, 3.8) is 0 Å². The second-order valence-electron chi connectivity index (χ2n) is 7.80. The highest BCUT2D eigenvalue weighted by molar-refractivity contribution is 7.13. The van der Waals surface area contributed by atoms with Crippen LogP contribution in [0.5, 0.6) is 0 Å². The number of anilines is 2. The van der Waals surface area contributed by atoms with Crippen LogP contribution in [-0.4, -0.2) is 40.1 Å². The van der Waals surface area contributed by atoms with Crippen molar-refractivity contribution in [3.8, 4) is 0 Å². The zero-order chi connectivity index (χ0) is 21.8. The minimum atomic E-state index is -0.261. The van der Waals surface area contributed by atoms with E-state index in [0.717, 1.165) is 40.4 Å². The van der Waals surface area contributed by atoms with E-state index < -0.39 is 0 Å². The molecule has 0 aliphatic carbocycles. The summed E-state index contributed by atoms with van der Waals surface area (Å²) in [6, 6.07) is 15.2. The van der Waals surface area contributed by atoms with Crippen LogP contribution in [0.15, 0.2) is 48.5 Å². The van der Waals surface area contributed by atoms with Crippen LogP contribution in [0.2, 0.25) is 0 Å². The predicted octanol–water partition coefficient (Wildman–Crippen LogP) is 4.82. The normalized spacial score (nSPS) is 16.1. The summed E-state index contributed by atoms with van der Waals surface area (Å²) in [5.41, 5.74) is 3.68. The number of likely N-dealkylation sites (tertiary alicyclic amines) is 1. The van der Waals surface area contributed by atoms with Crippen LogP contribution in [0.1, 0.15) is 44.7 Å². The van der Waals surface area contributed by atoms with E-state index in [4.69, 9.17) is 0 Å². The lowest BCUT2D eigenvalue weighted by molar-refractivity contribution is 0.102. The van der Waals surface area contributed by atoms with Crippen LogP contribution >= 0.6 is 11.3 Å². The minimum Gasteiger partial charge on any atom is -0.324 e. The summed E-state index contributed by atoms with van der Waals surface area (Å²) in [5, 5.41) is 15.3. The molecule has 2 N–H and O–H groups in total. The summed E-state index contributed by atoms with van der Waals surface area (Å²) in [6.45, 7) is 5.22. The molecular formula is C23H25N5O2S. The molecule has 1 aliphatic heterocycles. The number of carbonyl (C=O) groups is 2. The lowest BCUT2D eigenvalue weighted by atomic mass is 9.99. The number of aromatic nitrogens is 2. The summed E-state index contributed by atoms with van der Waals surface area (Å²) < 4.78 is 0. The highest BCUT2D eigenvalue weighted by atomic mass is 32.1. The molecule has 0 saturated carbocycles. The van der Waals surface area contributed by atoms with E-state index >= 15 is 0 Å². The van der Waals surface area contributed by atoms with Crippen molar-refractivity contribution in [2.24, 2.45) is 0 Å². The monoisotopic (exact) mass is 435 g/mol. The van der Waals surface area contributed by atoms with E-state index in [1.165, 1.54) is 11.3 Å². The molecule has 2 aromatic carbocycles. The maximum atomic E-state index is 12.7. The molecule has 31 heavy (non-hydrogen) atoms. The van der Waals surface area contributed by atoms with Gasteiger partial charge in [-0.05, 0) is 50.5 Å². The molecule has 4 rings (SSSR count). The largest absolute Gasteiger partial charge is 0.324 e. The third-order valence-electron chi connectivity index (χ3n) is 5.39. The van der Waals surface area contributed by atoms with Gasteiger partial charge in [-0.2, -0.15) is 0 Å². The molecule has 1 aliphatic rings. The van der Waals surface area contributed by atoms with Gasteiger partial charge in [0, 0.05) is 30.4 Å². The highest BCUT2D eigenvalue weighted by Gasteiger charge is 2.28. The molecule has 1 aromatic heterocycles. The first-order chi connectivity index (χ1) is 15.0. The van der Waals surface area contributed by atoms with Gasteiger partial charge >= 0.3 is 6.03 Å². The Kier molecular flexibility index (Phi) is 6.27. The average Bonchev–Trinajstić information content (AvgIpc) is 3.28. The van der Waals surface area contributed by atoms with Crippen LogP contribution < -0.4 is 10.6 Å². The van der Waals surface area contributed by atoms with Crippen molar-refractivity contribution in [2.75, 3.05) is 23.7 Å². The number of nitrogens with one attached hydrogen (secondary N) is 2. The molecule has 1 fully saturated rings. The zero-order valence-electron chi connectivity index (χ0n) is 17.6. The number of nitrogens with zero attached hydrogens (tertiary/aromatic N) is 3. The zero-order valence-corrected chi connectivity index (χ0v) is 18.4. The standard InChI is InChI=1S/C23H25N5O2S/c1-15-9-11-18(12-10-15)24-23(30)28-13-5-7-17(14-28)21-26-27-22(31-21)20(29)25-19-8-4-3-6-16(19)2/h3-4,6,8-12,17H,5,7,13-14H2,1-2H3,(H,24,30)(H,25,29). The first kappa shape index (κ1) is 21.0. The van der Waals surface area contributed by atoms with Crippen molar-refractivity contribution in [2.45, 2.75) is 32.6 Å². The van der Waals surface area contributed by atoms with Gasteiger partial charge in [0.05, 0.1) is 0 Å². The number of carbonyl (C=O) groups excluding carboxylic acids is 2. The van der Waals surface area contributed by atoms with Gasteiger partial charge in [0.25, 0.3) is 5.91 Å². The van der Waals surface area contributed by atoms with Gasteiger partial charge < -0.3 is 15.5 Å². The van der Waals surface area contributed by atoms with Crippen molar-refractivity contribution >= 4 is 34.6 Å². The van der Waals surface area contributed by atoms with Crippen molar-refractivity contribution in [1.29, 1.82) is 0 Å². The Balaban J connectivity index is 1.39. The van der Waals surface area contributed by atoms with Crippen molar-refractivity contribution in [3.05, 3.63) is 69.7 Å². The van der Waals surface area contributed by atoms with Crippen LogP contribution in [0.3, 0.4) is 0 Å². The fourth-order valence-corrected chi connectivity index (χ4v) is 4.45. The van der Waals surface area contributed by atoms with Gasteiger partial charge in [0.1, 0.15) is 5.01 Å². The number of urea groups is 1. The molecule has 1 atom stereocenters.